The molecule has 0 spiro atoms. The molecular weight excluding hydrogens is 262 g/mol. The van der Waals surface area contributed by atoms with Gasteiger partial charge in [-0.25, -0.2) is 4.98 Å². The molecule has 0 saturated heterocycles. The maximum atomic E-state index is 11.1. The Kier molecular flexibility index (Phi) is 7.98. The zero-order chi connectivity index (χ0) is 11.1. The second-order valence-corrected chi connectivity index (χ2v) is 3.14. The van der Waals surface area contributed by atoms with Gasteiger partial charge in [-0.2, -0.15) is 0 Å². The van der Waals surface area contributed by atoms with E-state index in [1.165, 1.54) is 6.33 Å². The number of rotatable bonds is 6. The number of amides is 1. The van der Waals surface area contributed by atoms with Gasteiger partial charge in [0.15, 0.2) is 0 Å². The second kappa shape index (κ2) is 8.38. The monoisotopic (exact) mass is 274 g/mol. The fraction of sp³-hybridized carbons (Fsp3) is 0.556. The number of aliphatic hydroxyl groups is 1. The van der Waals surface area contributed by atoms with E-state index in [0.29, 0.717) is 6.42 Å². The van der Waals surface area contributed by atoms with Crippen molar-refractivity contribution >= 4 is 5.91 Å². The van der Waals surface area contributed by atoms with Crippen molar-refractivity contribution in [3.05, 3.63) is 29.3 Å². The van der Waals surface area contributed by atoms with Gasteiger partial charge in [0.2, 0.25) is 0 Å². The van der Waals surface area contributed by atoms with Gasteiger partial charge in [0.25, 0.3) is 0 Å². The van der Waals surface area contributed by atoms with Gasteiger partial charge in [-0.1, -0.05) is 6.04 Å². The Bertz CT molecular complexity index is 292. The number of carbonyl (C=O) groups excluding carboxylic acids is 1. The molecule has 3 N–H and O–H groups in total. The molecule has 0 fully saturated rings. The maximum absolute atomic E-state index is 11.1. The Balaban J connectivity index is 0.00000225. The number of hydrogen-bond donors (Lipinski definition) is 2. The van der Waals surface area contributed by atoms with Crippen molar-refractivity contribution in [2.75, 3.05) is 13.2 Å². The Morgan fingerprint density at radius 1 is 1.69 bits per heavy atom. The van der Waals surface area contributed by atoms with Crippen molar-refractivity contribution in [3.63, 3.8) is 0 Å². The molecule has 0 aromatic carbocycles. The van der Waals surface area contributed by atoms with E-state index in [0.717, 1.165) is 5.69 Å². The van der Waals surface area contributed by atoms with Gasteiger partial charge < -0.3 is 25.9 Å². The first-order valence-electron chi connectivity index (χ1n) is 4.72. The molecular formula is C9H14N4O2Zn. The Hall–Kier alpha value is -0.777. The summed E-state index contributed by atoms with van der Waals surface area (Å²) in [6.07, 6.45) is 3.74. The van der Waals surface area contributed by atoms with E-state index in [1.54, 1.807) is 6.20 Å². The molecule has 16 heavy (non-hydrogen) atoms. The largest absolute Gasteiger partial charge is 2.00 e. The van der Waals surface area contributed by atoms with Crippen LogP contribution in [-0.2, 0) is 30.7 Å². The summed E-state index contributed by atoms with van der Waals surface area (Å²) in [6, 6.07) is -0.440. The third-order valence-corrected chi connectivity index (χ3v) is 1.89. The zero-order valence-electron chi connectivity index (χ0n) is 9.02. The van der Waals surface area contributed by atoms with Gasteiger partial charge in [-0.3, -0.25) is 0 Å². The average molecular weight is 276 g/mol. The van der Waals surface area contributed by atoms with Crippen LogP contribution in [0.15, 0.2) is 12.5 Å². The number of hydrogen-bond acceptors (Lipinski definition) is 3. The molecule has 0 aliphatic carbocycles. The van der Waals surface area contributed by atoms with Crippen molar-refractivity contribution in [2.45, 2.75) is 18.9 Å². The molecule has 0 radical (unpaired) electrons. The van der Waals surface area contributed by atoms with Crippen LogP contribution in [-0.4, -0.2) is 40.2 Å². The van der Waals surface area contributed by atoms with E-state index >= 15 is 0 Å². The van der Waals surface area contributed by atoms with E-state index in [4.69, 9.17) is 10.8 Å². The van der Waals surface area contributed by atoms with Crippen LogP contribution in [0.5, 0.6) is 0 Å². The molecule has 1 unspecified atom stereocenters. The van der Waals surface area contributed by atoms with Crippen molar-refractivity contribution < 1.29 is 29.4 Å². The van der Waals surface area contributed by atoms with Crippen LogP contribution >= 0.6 is 0 Å². The summed E-state index contributed by atoms with van der Waals surface area (Å²) < 4.78 is 0. The molecule has 0 saturated carbocycles. The summed E-state index contributed by atoms with van der Waals surface area (Å²) in [5.41, 5.74) is 7.70. The van der Waals surface area contributed by atoms with E-state index < -0.39 is 6.04 Å². The fourth-order valence-corrected chi connectivity index (χ4v) is 1.18. The maximum Gasteiger partial charge on any atom is 2.00 e. The fourth-order valence-electron chi connectivity index (χ4n) is 1.18. The predicted molar refractivity (Wildman–Crippen MR) is 55.3 cm³/mol. The van der Waals surface area contributed by atoms with Crippen LogP contribution in [0.25, 0.3) is 11.1 Å². The minimum absolute atomic E-state index is 0. The van der Waals surface area contributed by atoms with Gasteiger partial charge in [0.05, 0.1) is 6.33 Å². The minimum Gasteiger partial charge on any atom is -0.677 e. The molecule has 84 valence electrons. The van der Waals surface area contributed by atoms with E-state index in [1.807, 2.05) is 0 Å². The van der Waals surface area contributed by atoms with E-state index in [-0.39, 0.29) is 45.0 Å². The van der Waals surface area contributed by atoms with Crippen molar-refractivity contribution in [2.24, 2.45) is 0 Å². The first-order valence-corrected chi connectivity index (χ1v) is 4.72. The number of aromatic amines is 1. The molecule has 0 aliphatic rings. The van der Waals surface area contributed by atoms with Crippen LogP contribution in [0, 0.1) is 0 Å². The quantitative estimate of drug-likeness (QED) is 0.745. The minimum atomic E-state index is -0.440. The van der Waals surface area contributed by atoms with Gasteiger partial charge in [-0.05, 0) is 12.8 Å². The van der Waals surface area contributed by atoms with Crippen LogP contribution < -0.4 is 0 Å². The number of nitrogens with zero attached hydrogens (tertiary/aromatic N) is 2. The zero-order valence-corrected chi connectivity index (χ0v) is 12.0. The van der Waals surface area contributed by atoms with Crippen molar-refractivity contribution in [1.29, 1.82) is 0 Å². The smallest absolute Gasteiger partial charge is 0.677 e. The normalized spacial score (nSPS) is 11.6. The molecule has 1 rings (SSSR count). The van der Waals surface area contributed by atoms with Gasteiger partial charge in [0.1, 0.15) is 0 Å². The van der Waals surface area contributed by atoms with Crippen molar-refractivity contribution in [3.8, 4) is 0 Å². The van der Waals surface area contributed by atoms with Gasteiger partial charge in [0, 0.05) is 24.4 Å². The third kappa shape index (κ3) is 5.35. The Labute approximate surface area is 107 Å². The molecule has 1 heterocycles. The van der Waals surface area contributed by atoms with Crippen LogP contribution in [0.2, 0.25) is 0 Å². The third-order valence-electron chi connectivity index (χ3n) is 1.89. The van der Waals surface area contributed by atoms with Crippen LogP contribution in [0.4, 0.5) is 0 Å². The summed E-state index contributed by atoms with van der Waals surface area (Å²) in [7, 11) is 0. The average Bonchev–Trinajstić information content (AvgIpc) is 2.70. The molecule has 1 aromatic heterocycles. The molecule has 6 nitrogen and oxygen atoms in total. The standard InChI is InChI=1S/C9H15N4O2.Zn/c10-2-1-9(15)13-8(5-14)3-7-4-11-6-12-7;/h4,6,8,10,14H,1-3,5H2,(H2,11,12,13,15);/q-1;+2/p-1. The Morgan fingerprint density at radius 2 is 2.44 bits per heavy atom. The molecule has 1 atom stereocenters. The van der Waals surface area contributed by atoms with E-state index in [2.05, 4.69) is 15.3 Å². The molecule has 0 bridgehead atoms. The summed E-state index contributed by atoms with van der Waals surface area (Å²) in [6.45, 7) is -0.146. The van der Waals surface area contributed by atoms with Gasteiger partial charge >= 0.3 is 19.5 Å². The second-order valence-electron chi connectivity index (χ2n) is 3.14. The predicted octanol–water partition coefficient (Wildman–Crippen LogP) is 0.653. The SMILES string of the molecule is [NH-]CCC(=O)[N-]C(CO)Cc1cnc[nH]1.[Zn+2]. The number of H-pyrrole nitrogens is 1. The Morgan fingerprint density at radius 3 is 2.94 bits per heavy atom. The van der Waals surface area contributed by atoms with Crippen molar-refractivity contribution in [1.82, 2.24) is 9.97 Å². The first kappa shape index (κ1) is 15.2. The van der Waals surface area contributed by atoms with E-state index in [9.17, 15) is 4.79 Å². The topological polar surface area (TPSA) is 104 Å². The molecule has 1 aromatic rings. The van der Waals surface area contributed by atoms with Crippen LogP contribution in [0.3, 0.4) is 0 Å². The number of aliphatic hydroxyl groups excluding tert-OH is 1. The summed E-state index contributed by atoms with van der Waals surface area (Å²) in [4.78, 5) is 17.8. The molecule has 0 aliphatic heterocycles. The molecule has 1 amide bonds. The van der Waals surface area contributed by atoms with Gasteiger partial charge in [-0.15, -0.1) is 6.54 Å². The molecule has 7 heteroatoms. The number of aromatic nitrogens is 2. The summed E-state index contributed by atoms with van der Waals surface area (Å²) in [5.74, 6) is -0.330. The van der Waals surface area contributed by atoms with Crippen LogP contribution in [0.1, 0.15) is 12.1 Å². The number of imidazole rings is 1. The first-order chi connectivity index (χ1) is 7.26. The summed E-state index contributed by atoms with van der Waals surface area (Å²) in [5, 5.41) is 12.8. The number of nitrogens with one attached hydrogen (secondary N) is 2. The number of carbonyl (C=O) groups is 1. The summed E-state index contributed by atoms with van der Waals surface area (Å²) >= 11 is 0.